The Morgan fingerprint density at radius 1 is 1.36 bits per heavy atom. The van der Waals surface area contributed by atoms with Gasteiger partial charge in [-0.25, -0.2) is 0 Å². The minimum atomic E-state index is 0.322. The van der Waals surface area contributed by atoms with Gasteiger partial charge >= 0.3 is 0 Å². The van der Waals surface area contributed by atoms with Crippen LogP contribution in [0.3, 0.4) is 0 Å². The molecule has 0 saturated heterocycles. The number of aryl methyl sites for hydroxylation is 1. The van der Waals surface area contributed by atoms with Gasteiger partial charge in [-0.3, -0.25) is 9.78 Å². The molecule has 1 aliphatic carbocycles. The third kappa shape index (κ3) is 1.69. The number of nitrogens with zero attached hydrogens (tertiary/aromatic N) is 1. The summed E-state index contributed by atoms with van der Waals surface area (Å²) < 4.78 is 0. The van der Waals surface area contributed by atoms with Crippen molar-refractivity contribution in [3.05, 3.63) is 29.1 Å². The van der Waals surface area contributed by atoms with E-state index in [1.165, 1.54) is 11.1 Å². The molecule has 0 fully saturated rings. The molecule has 0 amide bonds. The van der Waals surface area contributed by atoms with Gasteiger partial charge in [0.15, 0.2) is 0 Å². The first-order chi connectivity index (χ1) is 6.66. The second-order valence-corrected chi connectivity index (χ2v) is 4.24. The molecule has 14 heavy (non-hydrogen) atoms. The highest BCUT2D eigenvalue weighted by Gasteiger charge is 2.17. The van der Waals surface area contributed by atoms with E-state index in [0.717, 1.165) is 12.1 Å². The van der Waals surface area contributed by atoms with Crippen molar-refractivity contribution in [2.24, 2.45) is 0 Å². The van der Waals surface area contributed by atoms with Gasteiger partial charge in [-0.15, -0.1) is 0 Å². The molecule has 0 saturated carbocycles. The predicted molar refractivity (Wildman–Crippen MR) is 55.4 cm³/mol. The van der Waals surface area contributed by atoms with Crippen molar-refractivity contribution in [3.8, 4) is 0 Å². The summed E-state index contributed by atoms with van der Waals surface area (Å²) in [6.45, 7) is 4.33. The molecule has 74 valence electrons. The molecule has 0 radical (unpaired) electrons. The number of Topliss-reactive ketones (excluding diaryl/α,β-unsaturated/α-hetero) is 1. The van der Waals surface area contributed by atoms with Crippen molar-refractivity contribution in [1.82, 2.24) is 4.98 Å². The van der Waals surface area contributed by atoms with E-state index in [2.05, 4.69) is 24.9 Å². The van der Waals surface area contributed by atoms with Crippen LogP contribution < -0.4 is 0 Å². The molecule has 2 nitrogen and oxygen atoms in total. The van der Waals surface area contributed by atoms with Crippen LogP contribution in [0.2, 0.25) is 0 Å². The Labute approximate surface area is 84.4 Å². The van der Waals surface area contributed by atoms with Crippen LogP contribution in [-0.2, 0) is 17.6 Å². The van der Waals surface area contributed by atoms with Crippen LogP contribution in [0.25, 0.3) is 0 Å². The number of pyridine rings is 1. The van der Waals surface area contributed by atoms with Crippen molar-refractivity contribution in [2.45, 2.75) is 39.0 Å². The number of aromatic nitrogens is 1. The van der Waals surface area contributed by atoms with E-state index in [9.17, 15) is 4.79 Å². The SMILES string of the molecule is CC(C)c1cnc2c(c1)CCC(=O)C2. The summed E-state index contributed by atoms with van der Waals surface area (Å²) in [6, 6.07) is 2.21. The first kappa shape index (κ1) is 9.38. The predicted octanol–water partition coefficient (Wildman–Crippen LogP) is 2.26. The first-order valence-corrected chi connectivity index (χ1v) is 5.16. The van der Waals surface area contributed by atoms with Gasteiger partial charge in [0.05, 0.1) is 5.69 Å². The number of fused-ring (bicyclic) bond motifs is 1. The van der Waals surface area contributed by atoms with E-state index < -0.39 is 0 Å². The lowest BCUT2D eigenvalue weighted by Crippen LogP contribution is -2.15. The Morgan fingerprint density at radius 3 is 2.86 bits per heavy atom. The molecule has 0 N–H and O–H groups in total. The van der Waals surface area contributed by atoms with Crippen LogP contribution >= 0.6 is 0 Å². The fourth-order valence-electron chi connectivity index (χ4n) is 1.80. The fraction of sp³-hybridized carbons (Fsp3) is 0.500. The molecule has 0 spiro atoms. The largest absolute Gasteiger partial charge is 0.299 e. The molecule has 1 aromatic heterocycles. The van der Waals surface area contributed by atoms with Gasteiger partial charge in [-0.1, -0.05) is 19.9 Å². The Balaban J connectivity index is 2.36. The van der Waals surface area contributed by atoms with Gasteiger partial charge in [0.2, 0.25) is 0 Å². The number of ketones is 1. The summed E-state index contributed by atoms with van der Waals surface area (Å²) in [5, 5.41) is 0. The van der Waals surface area contributed by atoms with Crippen molar-refractivity contribution in [1.29, 1.82) is 0 Å². The molecule has 1 aromatic rings. The highest BCUT2D eigenvalue weighted by Crippen LogP contribution is 2.21. The monoisotopic (exact) mass is 189 g/mol. The minimum absolute atomic E-state index is 0.322. The van der Waals surface area contributed by atoms with E-state index in [-0.39, 0.29) is 0 Å². The van der Waals surface area contributed by atoms with Crippen molar-refractivity contribution in [2.75, 3.05) is 0 Å². The smallest absolute Gasteiger partial charge is 0.139 e. The highest BCUT2D eigenvalue weighted by molar-refractivity contribution is 5.82. The summed E-state index contributed by atoms with van der Waals surface area (Å²) in [7, 11) is 0. The zero-order valence-corrected chi connectivity index (χ0v) is 8.71. The normalized spacial score (nSPS) is 15.8. The molecular formula is C12H15NO. The molecule has 0 aromatic carbocycles. The maximum Gasteiger partial charge on any atom is 0.139 e. The Bertz CT molecular complexity index is 369. The number of carbonyl (C=O) groups excluding carboxylic acids is 1. The summed E-state index contributed by atoms with van der Waals surface area (Å²) >= 11 is 0. The molecule has 0 bridgehead atoms. The quantitative estimate of drug-likeness (QED) is 0.678. The zero-order valence-electron chi connectivity index (χ0n) is 8.71. The summed E-state index contributed by atoms with van der Waals surface area (Å²) in [6.07, 6.45) is 4.01. The summed E-state index contributed by atoms with van der Waals surface area (Å²) in [5.41, 5.74) is 3.54. The van der Waals surface area contributed by atoms with Gasteiger partial charge in [-0.05, 0) is 23.5 Å². The zero-order chi connectivity index (χ0) is 10.1. The molecule has 0 aliphatic heterocycles. The molecule has 0 unspecified atom stereocenters. The third-order valence-electron chi connectivity index (χ3n) is 2.79. The van der Waals surface area contributed by atoms with Gasteiger partial charge in [0, 0.05) is 19.0 Å². The van der Waals surface area contributed by atoms with Crippen molar-refractivity contribution < 1.29 is 4.79 Å². The van der Waals surface area contributed by atoms with Crippen LogP contribution in [-0.4, -0.2) is 10.8 Å². The Morgan fingerprint density at radius 2 is 2.14 bits per heavy atom. The third-order valence-corrected chi connectivity index (χ3v) is 2.79. The minimum Gasteiger partial charge on any atom is -0.299 e. The molecule has 1 heterocycles. The van der Waals surface area contributed by atoms with Crippen LogP contribution in [0.1, 0.15) is 43.0 Å². The molecule has 1 aliphatic rings. The Hall–Kier alpha value is -1.18. The van der Waals surface area contributed by atoms with Gasteiger partial charge in [0.1, 0.15) is 5.78 Å². The van der Waals surface area contributed by atoms with Gasteiger partial charge in [-0.2, -0.15) is 0 Å². The number of rotatable bonds is 1. The lowest BCUT2D eigenvalue weighted by atomic mass is 9.92. The second-order valence-electron chi connectivity index (χ2n) is 4.24. The fourth-order valence-corrected chi connectivity index (χ4v) is 1.80. The standard InChI is InChI=1S/C12H15NO/c1-8(2)10-5-9-3-4-11(14)6-12(9)13-7-10/h5,7-8H,3-4,6H2,1-2H3. The van der Waals surface area contributed by atoms with Crippen molar-refractivity contribution in [3.63, 3.8) is 0 Å². The van der Waals surface area contributed by atoms with Crippen LogP contribution in [0.4, 0.5) is 0 Å². The van der Waals surface area contributed by atoms with E-state index in [4.69, 9.17) is 0 Å². The van der Waals surface area contributed by atoms with E-state index in [1.54, 1.807) is 0 Å². The van der Waals surface area contributed by atoms with E-state index >= 15 is 0 Å². The highest BCUT2D eigenvalue weighted by atomic mass is 16.1. The van der Waals surface area contributed by atoms with Crippen molar-refractivity contribution >= 4 is 5.78 Å². The maximum atomic E-state index is 11.2. The number of hydrogen-bond donors (Lipinski definition) is 0. The number of carbonyl (C=O) groups is 1. The topological polar surface area (TPSA) is 30.0 Å². The lowest BCUT2D eigenvalue weighted by molar-refractivity contribution is -0.118. The molecule has 2 rings (SSSR count). The van der Waals surface area contributed by atoms with E-state index in [0.29, 0.717) is 24.5 Å². The molecule has 0 atom stereocenters. The Kier molecular flexibility index (Phi) is 2.36. The van der Waals surface area contributed by atoms with Gasteiger partial charge < -0.3 is 0 Å². The second kappa shape index (κ2) is 3.52. The average Bonchev–Trinajstić information content (AvgIpc) is 2.16. The molecular weight excluding hydrogens is 174 g/mol. The number of hydrogen-bond acceptors (Lipinski definition) is 2. The maximum absolute atomic E-state index is 11.2. The first-order valence-electron chi connectivity index (χ1n) is 5.16. The average molecular weight is 189 g/mol. The summed E-state index contributed by atoms with van der Waals surface area (Å²) in [4.78, 5) is 15.6. The lowest BCUT2D eigenvalue weighted by Gasteiger charge is -2.15. The molecule has 2 heteroatoms. The van der Waals surface area contributed by atoms with Crippen LogP contribution in [0.5, 0.6) is 0 Å². The van der Waals surface area contributed by atoms with Crippen LogP contribution in [0.15, 0.2) is 12.3 Å². The van der Waals surface area contributed by atoms with Gasteiger partial charge in [0.25, 0.3) is 0 Å². The summed E-state index contributed by atoms with van der Waals surface area (Å²) in [5.74, 6) is 0.840. The van der Waals surface area contributed by atoms with E-state index in [1.807, 2.05) is 6.20 Å². The van der Waals surface area contributed by atoms with Crippen LogP contribution in [0, 0.1) is 0 Å².